The van der Waals surface area contributed by atoms with Crippen LogP contribution in [0.4, 0.5) is 0 Å². The number of ether oxygens (including phenoxy) is 1. The van der Waals surface area contributed by atoms with Gasteiger partial charge in [-0.3, -0.25) is 4.79 Å². The summed E-state index contributed by atoms with van der Waals surface area (Å²) in [4.78, 5) is 11.0. The lowest BCUT2D eigenvalue weighted by Crippen LogP contribution is -2.03. The lowest BCUT2D eigenvalue weighted by Gasteiger charge is -2.00. The number of allylic oxidation sites excluding steroid dienone is 1. The van der Waals surface area contributed by atoms with Crippen LogP contribution >= 0.6 is 0 Å². The Morgan fingerprint density at radius 1 is 1.23 bits per heavy atom. The van der Waals surface area contributed by atoms with E-state index in [2.05, 4.69) is 13.8 Å². The predicted molar refractivity (Wildman–Crippen MR) is 54.5 cm³/mol. The molecule has 13 heavy (non-hydrogen) atoms. The molecule has 0 atom stereocenters. The molecule has 0 rings (SSSR count). The van der Waals surface area contributed by atoms with Gasteiger partial charge in [-0.05, 0) is 12.8 Å². The third-order valence-electron chi connectivity index (χ3n) is 1.73. The molecule has 0 spiro atoms. The van der Waals surface area contributed by atoms with Crippen LogP contribution in [-0.2, 0) is 9.53 Å². The highest BCUT2D eigenvalue weighted by Gasteiger charge is 1.99. The molecule has 0 aliphatic heterocycles. The van der Waals surface area contributed by atoms with Gasteiger partial charge in [0.1, 0.15) is 6.61 Å². The standard InChI is InChI=1S/C11H20O2/c1-3-5-7-9-11(12)13-10-8-6-4-2/h6,8H,3-5,7,9-10H2,1-2H3/b8-6+. The van der Waals surface area contributed by atoms with Crippen LogP contribution in [-0.4, -0.2) is 12.6 Å². The maximum Gasteiger partial charge on any atom is 0.306 e. The Kier molecular flexibility index (Phi) is 8.73. The van der Waals surface area contributed by atoms with Crippen LogP contribution in [0.15, 0.2) is 12.2 Å². The zero-order valence-electron chi connectivity index (χ0n) is 8.71. The summed E-state index contributed by atoms with van der Waals surface area (Å²) in [6, 6.07) is 0. The molecule has 0 amide bonds. The molecule has 0 bridgehead atoms. The van der Waals surface area contributed by atoms with Gasteiger partial charge in [0.2, 0.25) is 0 Å². The van der Waals surface area contributed by atoms with Crippen LogP contribution in [0, 0.1) is 0 Å². The molecular weight excluding hydrogens is 164 g/mol. The van der Waals surface area contributed by atoms with Crippen molar-refractivity contribution >= 4 is 5.97 Å². The Hall–Kier alpha value is -0.790. The van der Waals surface area contributed by atoms with Crippen molar-refractivity contribution in [2.45, 2.75) is 46.0 Å². The van der Waals surface area contributed by atoms with E-state index in [-0.39, 0.29) is 5.97 Å². The highest BCUT2D eigenvalue weighted by Crippen LogP contribution is 2.00. The average molecular weight is 184 g/mol. The van der Waals surface area contributed by atoms with E-state index >= 15 is 0 Å². The smallest absolute Gasteiger partial charge is 0.306 e. The first-order chi connectivity index (χ1) is 6.31. The van der Waals surface area contributed by atoms with E-state index in [0.29, 0.717) is 13.0 Å². The molecule has 0 aliphatic carbocycles. The molecule has 0 unspecified atom stereocenters. The second-order valence-corrected chi connectivity index (χ2v) is 3.02. The Morgan fingerprint density at radius 3 is 2.62 bits per heavy atom. The summed E-state index contributed by atoms with van der Waals surface area (Å²) in [5, 5.41) is 0. The first kappa shape index (κ1) is 12.2. The number of hydrogen-bond acceptors (Lipinski definition) is 2. The number of esters is 1. The highest BCUT2D eigenvalue weighted by atomic mass is 16.5. The predicted octanol–water partition coefficient (Wildman–Crippen LogP) is 3.08. The second kappa shape index (κ2) is 9.30. The van der Waals surface area contributed by atoms with Gasteiger partial charge in [-0.1, -0.05) is 38.8 Å². The minimum atomic E-state index is -0.0748. The Balaban J connectivity index is 3.25. The van der Waals surface area contributed by atoms with E-state index in [0.717, 1.165) is 25.7 Å². The van der Waals surface area contributed by atoms with Crippen LogP contribution < -0.4 is 0 Å². The Morgan fingerprint density at radius 2 is 2.00 bits per heavy atom. The summed E-state index contributed by atoms with van der Waals surface area (Å²) in [6.45, 7) is 4.60. The van der Waals surface area contributed by atoms with Crippen LogP contribution in [0.2, 0.25) is 0 Å². The first-order valence-corrected chi connectivity index (χ1v) is 5.11. The molecule has 0 fully saturated rings. The first-order valence-electron chi connectivity index (χ1n) is 5.11. The third kappa shape index (κ3) is 9.12. The molecular formula is C11H20O2. The summed E-state index contributed by atoms with van der Waals surface area (Å²) < 4.78 is 4.96. The molecule has 0 heterocycles. The van der Waals surface area contributed by atoms with Crippen molar-refractivity contribution < 1.29 is 9.53 Å². The van der Waals surface area contributed by atoms with Gasteiger partial charge < -0.3 is 4.74 Å². The number of unbranched alkanes of at least 4 members (excludes halogenated alkanes) is 2. The minimum absolute atomic E-state index is 0.0748. The summed E-state index contributed by atoms with van der Waals surface area (Å²) in [5.74, 6) is -0.0748. The van der Waals surface area contributed by atoms with Gasteiger partial charge in [0.05, 0.1) is 0 Å². The maximum absolute atomic E-state index is 11.0. The Labute approximate surface area is 81.0 Å². The van der Waals surface area contributed by atoms with Gasteiger partial charge in [-0.25, -0.2) is 0 Å². The van der Waals surface area contributed by atoms with Gasteiger partial charge in [0.25, 0.3) is 0 Å². The number of carbonyl (C=O) groups excluding carboxylic acids is 1. The second-order valence-electron chi connectivity index (χ2n) is 3.02. The van der Waals surface area contributed by atoms with E-state index in [1.165, 1.54) is 0 Å². The van der Waals surface area contributed by atoms with Crippen molar-refractivity contribution in [1.82, 2.24) is 0 Å². The summed E-state index contributed by atoms with van der Waals surface area (Å²) in [5.41, 5.74) is 0. The van der Waals surface area contributed by atoms with E-state index in [1.54, 1.807) is 0 Å². The van der Waals surface area contributed by atoms with Gasteiger partial charge in [0, 0.05) is 6.42 Å². The van der Waals surface area contributed by atoms with E-state index in [1.807, 2.05) is 12.2 Å². The van der Waals surface area contributed by atoms with Crippen molar-refractivity contribution in [3.8, 4) is 0 Å². The molecule has 0 saturated carbocycles. The van der Waals surface area contributed by atoms with Crippen molar-refractivity contribution in [1.29, 1.82) is 0 Å². The fourth-order valence-corrected chi connectivity index (χ4v) is 0.967. The highest BCUT2D eigenvalue weighted by molar-refractivity contribution is 5.69. The largest absolute Gasteiger partial charge is 0.461 e. The summed E-state index contributed by atoms with van der Waals surface area (Å²) in [6.07, 6.45) is 8.65. The van der Waals surface area contributed by atoms with E-state index in [9.17, 15) is 4.79 Å². The van der Waals surface area contributed by atoms with Crippen molar-refractivity contribution in [3.05, 3.63) is 12.2 Å². The number of rotatable bonds is 7. The fraction of sp³-hybridized carbons (Fsp3) is 0.727. The molecule has 0 aromatic rings. The molecule has 0 aliphatic rings. The Bertz CT molecular complexity index is 150. The monoisotopic (exact) mass is 184 g/mol. The molecule has 76 valence electrons. The van der Waals surface area contributed by atoms with Crippen LogP contribution in [0.1, 0.15) is 46.0 Å². The third-order valence-corrected chi connectivity index (χ3v) is 1.73. The SMILES string of the molecule is CC/C=C/COC(=O)CCCCC. The quantitative estimate of drug-likeness (QED) is 0.345. The average Bonchev–Trinajstić information content (AvgIpc) is 2.13. The van der Waals surface area contributed by atoms with Crippen LogP contribution in [0.25, 0.3) is 0 Å². The maximum atomic E-state index is 11.0. The normalized spacial score (nSPS) is 10.6. The zero-order chi connectivity index (χ0) is 9.94. The van der Waals surface area contributed by atoms with Gasteiger partial charge in [-0.15, -0.1) is 0 Å². The molecule has 0 aromatic carbocycles. The van der Waals surface area contributed by atoms with E-state index in [4.69, 9.17) is 4.74 Å². The van der Waals surface area contributed by atoms with Gasteiger partial charge in [-0.2, -0.15) is 0 Å². The molecule has 0 N–H and O–H groups in total. The van der Waals surface area contributed by atoms with E-state index < -0.39 is 0 Å². The molecule has 2 nitrogen and oxygen atoms in total. The molecule has 0 saturated heterocycles. The molecule has 0 radical (unpaired) electrons. The lowest BCUT2D eigenvalue weighted by molar-refractivity contribution is -0.142. The summed E-state index contributed by atoms with van der Waals surface area (Å²) >= 11 is 0. The van der Waals surface area contributed by atoms with Crippen LogP contribution in [0.5, 0.6) is 0 Å². The number of carbonyl (C=O) groups is 1. The van der Waals surface area contributed by atoms with Gasteiger partial charge >= 0.3 is 5.97 Å². The van der Waals surface area contributed by atoms with Crippen molar-refractivity contribution in [3.63, 3.8) is 0 Å². The fourth-order valence-electron chi connectivity index (χ4n) is 0.967. The van der Waals surface area contributed by atoms with Gasteiger partial charge in [0.15, 0.2) is 0 Å². The van der Waals surface area contributed by atoms with Crippen molar-refractivity contribution in [2.75, 3.05) is 6.61 Å². The number of hydrogen-bond donors (Lipinski definition) is 0. The van der Waals surface area contributed by atoms with Crippen molar-refractivity contribution in [2.24, 2.45) is 0 Å². The van der Waals surface area contributed by atoms with Crippen LogP contribution in [0.3, 0.4) is 0 Å². The lowest BCUT2D eigenvalue weighted by atomic mass is 10.2. The summed E-state index contributed by atoms with van der Waals surface area (Å²) in [7, 11) is 0. The molecule has 0 aromatic heterocycles. The minimum Gasteiger partial charge on any atom is -0.461 e. The zero-order valence-corrected chi connectivity index (χ0v) is 8.71. The topological polar surface area (TPSA) is 26.3 Å². The molecule has 2 heteroatoms.